The molecule has 0 unspecified atom stereocenters. The van der Waals surface area contributed by atoms with Crippen molar-refractivity contribution in [2.24, 2.45) is 0 Å². The smallest absolute Gasteiger partial charge is 0.332 e. The predicted octanol–water partition coefficient (Wildman–Crippen LogP) is 1.61. The molecule has 0 bridgehead atoms. The molecule has 0 aliphatic carbocycles. The van der Waals surface area contributed by atoms with Gasteiger partial charge in [0.25, 0.3) is 0 Å². The van der Waals surface area contributed by atoms with E-state index in [9.17, 15) is 9.59 Å². The van der Waals surface area contributed by atoms with E-state index in [1.807, 2.05) is 0 Å². The maximum absolute atomic E-state index is 11.5. The fourth-order valence-corrected chi connectivity index (χ4v) is 1.61. The lowest BCUT2D eigenvalue weighted by Gasteiger charge is -2.11. The lowest BCUT2D eigenvalue weighted by Crippen LogP contribution is -2.33. The second-order valence-corrected chi connectivity index (χ2v) is 4.42. The van der Waals surface area contributed by atoms with Gasteiger partial charge < -0.3 is 20.8 Å². The van der Waals surface area contributed by atoms with Crippen LogP contribution in [0.3, 0.4) is 0 Å². The highest BCUT2D eigenvalue weighted by Gasteiger charge is 2.13. The average Bonchev–Trinajstić information content (AvgIpc) is 2.32. The van der Waals surface area contributed by atoms with E-state index in [4.69, 9.17) is 21.8 Å². The van der Waals surface area contributed by atoms with Crippen LogP contribution in [0.25, 0.3) is 0 Å². The van der Waals surface area contributed by atoms with E-state index in [2.05, 4.69) is 10.6 Å². The zero-order valence-corrected chi connectivity index (χ0v) is 11.1. The average molecular weight is 287 g/mol. The normalized spacial score (nSPS) is 11.7. The molecule has 0 spiro atoms. The van der Waals surface area contributed by atoms with Crippen LogP contribution in [0, 0.1) is 6.92 Å². The van der Waals surface area contributed by atoms with Crippen molar-refractivity contribution in [3.05, 3.63) is 28.8 Å². The van der Waals surface area contributed by atoms with Crippen molar-refractivity contribution in [3.63, 3.8) is 0 Å². The minimum absolute atomic E-state index is 0.0532. The number of rotatable bonds is 5. The van der Waals surface area contributed by atoms with E-state index in [-0.39, 0.29) is 13.0 Å². The van der Waals surface area contributed by atoms with Crippen molar-refractivity contribution >= 4 is 29.3 Å². The van der Waals surface area contributed by atoms with Crippen molar-refractivity contribution in [1.29, 1.82) is 0 Å². The molecule has 6 nitrogen and oxygen atoms in total. The highest BCUT2D eigenvalue weighted by Crippen LogP contribution is 2.19. The van der Waals surface area contributed by atoms with E-state index >= 15 is 0 Å². The molecular weight excluding hydrogens is 272 g/mol. The summed E-state index contributed by atoms with van der Waals surface area (Å²) < 4.78 is 0. The monoisotopic (exact) mass is 286 g/mol. The second-order valence-electron chi connectivity index (χ2n) is 3.98. The Balaban J connectivity index is 2.41. The molecule has 0 aliphatic rings. The minimum Gasteiger partial charge on any atom is -0.479 e. The zero-order valence-electron chi connectivity index (χ0n) is 10.3. The number of aliphatic hydroxyl groups is 1. The molecule has 0 radical (unpaired) electrons. The molecule has 1 aromatic carbocycles. The van der Waals surface area contributed by atoms with E-state index in [1.165, 1.54) is 0 Å². The van der Waals surface area contributed by atoms with Gasteiger partial charge in [0.15, 0.2) is 6.10 Å². The quantitative estimate of drug-likeness (QED) is 0.661. The first-order valence-corrected chi connectivity index (χ1v) is 6.00. The standard InChI is InChI=1S/C12H15ClN2O4/c1-7-6-8(13)2-3-9(7)15-12(19)14-5-4-10(16)11(17)18/h2-3,6,10,16H,4-5H2,1H3,(H,17,18)(H2,14,15,19)/t10-/m0/s1. The Morgan fingerprint density at radius 1 is 1.42 bits per heavy atom. The number of carboxylic acids is 1. The number of aryl methyl sites for hydroxylation is 1. The maximum Gasteiger partial charge on any atom is 0.332 e. The first-order valence-electron chi connectivity index (χ1n) is 5.62. The highest BCUT2D eigenvalue weighted by atomic mass is 35.5. The van der Waals surface area contributed by atoms with E-state index in [0.29, 0.717) is 10.7 Å². The van der Waals surface area contributed by atoms with Gasteiger partial charge in [-0.2, -0.15) is 0 Å². The van der Waals surface area contributed by atoms with Gasteiger partial charge in [0.1, 0.15) is 0 Å². The lowest BCUT2D eigenvalue weighted by atomic mass is 10.2. The third-order valence-corrected chi connectivity index (χ3v) is 2.66. The summed E-state index contributed by atoms with van der Waals surface area (Å²) in [5, 5.41) is 23.1. The second kappa shape index (κ2) is 6.96. The zero-order chi connectivity index (χ0) is 14.4. The molecule has 0 heterocycles. The van der Waals surface area contributed by atoms with Gasteiger partial charge >= 0.3 is 12.0 Å². The van der Waals surface area contributed by atoms with Gasteiger partial charge in [0.05, 0.1) is 0 Å². The van der Waals surface area contributed by atoms with Crippen LogP contribution in [0.2, 0.25) is 5.02 Å². The lowest BCUT2D eigenvalue weighted by molar-refractivity contribution is -0.146. The summed E-state index contributed by atoms with van der Waals surface area (Å²) in [6.45, 7) is 1.86. The third kappa shape index (κ3) is 5.15. The number of hydrogen-bond donors (Lipinski definition) is 4. The fraction of sp³-hybridized carbons (Fsp3) is 0.333. The van der Waals surface area contributed by atoms with Crippen molar-refractivity contribution in [3.8, 4) is 0 Å². The minimum atomic E-state index is -1.47. The van der Waals surface area contributed by atoms with Gasteiger partial charge in [0.2, 0.25) is 0 Å². The Morgan fingerprint density at radius 2 is 2.11 bits per heavy atom. The van der Waals surface area contributed by atoms with E-state index in [1.54, 1.807) is 25.1 Å². The number of urea groups is 1. The fourth-order valence-electron chi connectivity index (χ4n) is 1.38. The molecule has 0 saturated carbocycles. The summed E-state index contributed by atoms with van der Waals surface area (Å²) in [6, 6.07) is 4.57. The number of aliphatic hydroxyl groups excluding tert-OH is 1. The molecule has 0 aliphatic heterocycles. The van der Waals surface area contributed by atoms with Crippen LogP contribution in [0.15, 0.2) is 18.2 Å². The number of hydrogen-bond acceptors (Lipinski definition) is 3. The Hall–Kier alpha value is -1.79. The Morgan fingerprint density at radius 3 is 2.68 bits per heavy atom. The number of carbonyl (C=O) groups excluding carboxylic acids is 1. The molecule has 1 aromatic rings. The molecule has 0 aromatic heterocycles. The van der Waals surface area contributed by atoms with Gasteiger partial charge in [-0.25, -0.2) is 9.59 Å². The molecule has 19 heavy (non-hydrogen) atoms. The molecule has 4 N–H and O–H groups in total. The number of amides is 2. The van der Waals surface area contributed by atoms with E-state index < -0.39 is 18.1 Å². The molecular formula is C12H15ClN2O4. The Bertz CT molecular complexity index is 479. The largest absolute Gasteiger partial charge is 0.479 e. The van der Waals surface area contributed by atoms with Crippen LogP contribution in [0.5, 0.6) is 0 Å². The number of anilines is 1. The molecule has 2 amide bonds. The van der Waals surface area contributed by atoms with Gasteiger partial charge in [0, 0.05) is 23.7 Å². The van der Waals surface area contributed by atoms with Crippen LogP contribution in [-0.2, 0) is 4.79 Å². The SMILES string of the molecule is Cc1cc(Cl)ccc1NC(=O)NCC[C@H](O)C(=O)O. The first-order chi connectivity index (χ1) is 8.90. The Kier molecular flexibility index (Phi) is 5.59. The van der Waals surface area contributed by atoms with Crippen LogP contribution < -0.4 is 10.6 Å². The third-order valence-electron chi connectivity index (χ3n) is 2.43. The van der Waals surface area contributed by atoms with Crippen molar-refractivity contribution in [2.75, 3.05) is 11.9 Å². The summed E-state index contributed by atoms with van der Waals surface area (Å²) in [4.78, 5) is 21.9. The highest BCUT2D eigenvalue weighted by molar-refractivity contribution is 6.30. The maximum atomic E-state index is 11.5. The Labute approximate surface area is 115 Å². The number of aliphatic carboxylic acids is 1. The molecule has 104 valence electrons. The van der Waals surface area contributed by atoms with Crippen LogP contribution in [0.1, 0.15) is 12.0 Å². The molecule has 0 fully saturated rings. The molecule has 0 saturated heterocycles. The number of carboxylic acid groups (broad SMARTS) is 1. The van der Waals surface area contributed by atoms with Gasteiger partial charge in [-0.3, -0.25) is 0 Å². The van der Waals surface area contributed by atoms with Crippen molar-refractivity contribution in [2.45, 2.75) is 19.4 Å². The summed E-state index contributed by atoms with van der Waals surface area (Å²) >= 11 is 5.79. The summed E-state index contributed by atoms with van der Waals surface area (Å²) in [5.74, 6) is -1.31. The van der Waals surface area contributed by atoms with Gasteiger partial charge in [-0.15, -0.1) is 0 Å². The van der Waals surface area contributed by atoms with Gasteiger partial charge in [-0.05, 0) is 30.7 Å². The molecule has 1 rings (SSSR count). The predicted molar refractivity (Wildman–Crippen MR) is 71.5 cm³/mol. The van der Waals surface area contributed by atoms with Crippen LogP contribution in [-0.4, -0.2) is 34.9 Å². The van der Waals surface area contributed by atoms with Crippen molar-refractivity contribution in [1.82, 2.24) is 5.32 Å². The number of carbonyl (C=O) groups is 2. The van der Waals surface area contributed by atoms with Crippen molar-refractivity contribution < 1.29 is 19.8 Å². The number of nitrogens with one attached hydrogen (secondary N) is 2. The summed E-state index contributed by atoms with van der Waals surface area (Å²) in [6.07, 6.45) is -1.53. The summed E-state index contributed by atoms with van der Waals surface area (Å²) in [5.41, 5.74) is 1.42. The number of benzene rings is 1. The molecule has 1 atom stereocenters. The molecule has 7 heteroatoms. The first kappa shape index (κ1) is 15.3. The summed E-state index contributed by atoms with van der Waals surface area (Å²) in [7, 11) is 0. The van der Waals surface area contributed by atoms with Crippen LogP contribution in [0.4, 0.5) is 10.5 Å². The number of halogens is 1. The van der Waals surface area contributed by atoms with Gasteiger partial charge in [-0.1, -0.05) is 11.6 Å². The topological polar surface area (TPSA) is 98.7 Å². The van der Waals surface area contributed by atoms with Crippen LogP contribution >= 0.6 is 11.6 Å². The van der Waals surface area contributed by atoms with E-state index in [0.717, 1.165) is 5.56 Å².